The number of carbonyl (C=O) groups is 2. The van der Waals surface area contributed by atoms with Crippen LogP contribution in [0.15, 0.2) is 66.3 Å². The van der Waals surface area contributed by atoms with Gasteiger partial charge in [0, 0.05) is 17.8 Å². The summed E-state index contributed by atoms with van der Waals surface area (Å²) in [5.41, 5.74) is 1.58. The molecule has 0 aliphatic carbocycles. The number of carbonyl (C=O) groups excluding carboxylic acids is 2. The van der Waals surface area contributed by atoms with Gasteiger partial charge in [-0.25, -0.2) is 4.79 Å². The van der Waals surface area contributed by atoms with Crippen molar-refractivity contribution in [3.05, 3.63) is 66.7 Å². The van der Waals surface area contributed by atoms with Crippen molar-refractivity contribution in [3.8, 4) is 17.1 Å². The molecule has 8 nitrogen and oxygen atoms in total. The average Bonchev–Trinajstić information content (AvgIpc) is 3.21. The van der Waals surface area contributed by atoms with Gasteiger partial charge in [-0.2, -0.15) is 8.78 Å². The Morgan fingerprint density at radius 3 is 2.47 bits per heavy atom. The third kappa shape index (κ3) is 6.64. The first kappa shape index (κ1) is 24.9. The summed E-state index contributed by atoms with van der Waals surface area (Å²) in [6.45, 7) is 3.23. The van der Waals surface area contributed by atoms with Gasteiger partial charge in [0.05, 0.1) is 17.9 Å². The molecule has 178 valence electrons. The molecule has 0 aliphatic rings. The summed E-state index contributed by atoms with van der Waals surface area (Å²) >= 11 is 1.19. The van der Waals surface area contributed by atoms with Crippen LogP contribution in [-0.2, 0) is 16.1 Å². The van der Waals surface area contributed by atoms with E-state index < -0.39 is 12.6 Å². The molecular weight excluding hydrogens is 466 g/mol. The molecule has 0 saturated carbocycles. The number of hydrogen-bond donors (Lipinski definition) is 1. The highest BCUT2D eigenvalue weighted by Crippen LogP contribution is 2.26. The summed E-state index contributed by atoms with van der Waals surface area (Å²) in [6.07, 6.45) is 1.66. The zero-order valence-corrected chi connectivity index (χ0v) is 19.1. The smallest absolute Gasteiger partial charge is 0.387 e. The summed E-state index contributed by atoms with van der Waals surface area (Å²) in [7, 11) is 0. The summed E-state index contributed by atoms with van der Waals surface area (Å²) in [5, 5.41) is 11.6. The number of benzene rings is 2. The highest BCUT2D eigenvalue weighted by molar-refractivity contribution is 7.99. The lowest BCUT2D eigenvalue weighted by Crippen LogP contribution is -2.15. The quantitative estimate of drug-likeness (QED) is 0.239. The van der Waals surface area contributed by atoms with Crippen LogP contribution in [0.5, 0.6) is 5.75 Å². The molecule has 1 amide bonds. The van der Waals surface area contributed by atoms with Crippen LogP contribution >= 0.6 is 11.8 Å². The Bertz CT molecular complexity index is 1130. The normalized spacial score (nSPS) is 10.7. The Morgan fingerprint density at radius 2 is 1.85 bits per heavy atom. The van der Waals surface area contributed by atoms with Gasteiger partial charge in [0.2, 0.25) is 5.91 Å². The van der Waals surface area contributed by atoms with E-state index in [1.54, 1.807) is 54.0 Å². The molecule has 0 saturated heterocycles. The second-order valence-corrected chi connectivity index (χ2v) is 7.69. The molecule has 2 aromatic carbocycles. The van der Waals surface area contributed by atoms with E-state index in [0.29, 0.717) is 34.3 Å². The van der Waals surface area contributed by atoms with Gasteiger partial charge in [-0.05, 0) is 55.5 Å². The van der Waals surface area contributed by atoms with E-state index in [1.807, 2.05) is 0 Å². The lowest BCUT2D eigenvalue weighted by Gasteiger charge is -2.09. The van der Waals surface area contributed by atoms with Crippen LogP contribution in [0.25, 0.3) is 11.4 Å². The summed E-state index contributed by atoms with van der Waals surface area (Å²) < 4.78 is 35.8. The van der Waals surface area contributed by atoms with Crippen molar-refractivity contribution in [2.24, 2.45) is 0 Å². The summed E-state index contributed by atoms with van der Waals surface area (Å²) in [5.74, 6) is -0.0894. The maximum Gasteiger partial charge on any atom is 0.387 e. The zero-order valence-electron chi connectivity index (χ0n) is 18.2. The van der Waals surface area contributed by atoms with E-state index in [-0.39, 0.29) is 24.0 Å². The van der Waals surface area contributed by atoms with Gasteiger partial charge in [-0.15, -0.1) is 16.8 Å². The second-order valence-electron chi connectivity index (χ2n) is 6.74. The molecule has 11 heteroatoms. The fourth-order valence-corrected chi connectivity index (χ4v) is 3.67. The number of nitrogens with one attached hydrogen (secondary N) is 1. The molecule has 0 spiro atoms. The van der Waals surface area contributed by atoms with Gasteiger partial charge in [-0.1, -0.05) is 17.8 Å². The Balaban J connectivity index is 1.64. The molecule has 1 heterocycles. The van der Waals surface area contributed by atoms with Crippen LogP contribution in [-0.4, -0.2) is 45.6 Å². The van der Waals surface area contributed by atoms with Crippen LogP contribution in [0.1, 0.15) is 17.3 Å². The number of thioether (sulfide) groups is 1. The van der Waals surface area contributed by atoms with Gasteiger partial charge in [-0.3, -0.25) is 9.36 Å². The fourth-order valence-electron chi connectivity index (χ4n) is 2.92. The number of anilines is 1. The highest BCUT2D eigenvalue weighted by Gasteiger charge is 2.16. The lowest BCUT2D eigenvalue weighted by molar-refractivity contribution is -0.113. The number of halogens is 2. The number of hydrogen-bond acceptors (Lipinski definition) is 7. The Hall–Kier alpha value is -3.73. The van der Waals surface area contributed by atoms with Crippen LogP contribution < -0.4 is 10.1 Å². The molecule has 0 radical (unpaired) electrons. The minimum absolute atomic E-state index is 0.0371. The first-order chi connectivity index (χ1) is 16.4. The maximum absolute atomic E-state index is 12.4. The van der Waals surface area contributed by atoms with Crippen molar-refractivity contribution < 1.29 is 27.8 Å². The first-order valence-electron chi connectivity index (χ1n) is 10.2. The van der Waals surface area contributed by atoms with Gasteiger partial charge in [0.1, 0.15) is 5.75 Å². The van der Waals surface area contributed by atoms with Gasteiger partial charge in [0.25, 0.3) is 0 Å². The lowest BCUT2D eigenvalue weighted by atomic mass is 10.2. The van der Waals surface area contributed by atoms with E-state index in [0.717, 1.165) is 0 Å². The fraction of sp³-hybridized carbons (Fsp3) is 0.217. The number of esters is 1. The number of amides is 1. The van der Waals surface area contributed by atoms with Crippen LogP contribution in [0, 0.1) is 0 Å². The molecule has 0 aliphatic heterocycles. The van der Waals surface area contributed by atoms with E-state index in [1.165, 1.54) is 23.9 Å². The number of nitrogens with zero attached hydrogens (tertiary/aromatic N) is 3. The number of allylic oxidation sites excluding steroid dienone is 1. The third-order valence-corrected chi connectivity index (χ3v) is 5.35. The number of aromatic nitrogens is 3. The maximum atomic E-state index is 12.4. The Morgan fingerprint density at radius 1 is 1.15 bits per heavy atom. The van der Waals surface area contributed by atoms with Crippen molar-refractivity contribution in [3.63, 3.8) is 0 Å². The molecule has 34 heavy (non-hydrogen) atoms. The number of rotatable bonds is 11. The van der Waals surface area contributed by atoms with Gasteiger partial charge >= 0.3 is 12.6 Å². The predicted molar refractivity (Wildman–Crippen MR) is 124 cm³/mol. The SMILES string of the molecule is C=CCn1c(SCC(=O)Nc2ccc(C(=O)OCC)cc2)nnc1-c1ccc(OC(F)F)cc1. The van der Waals surface area contributed by atoms with E-state index in [9.17, 15) is 18.4 Å². The molecular formula is C23H22F2N4O4S. The molecule has 1 aromatic heterocycles. The molecule has 0 fully saturated rings. The topological polar surface area (TPSA) is 95.3 Å². The molecule has 0 atom stereocenters. The predicted octanol–water partition coefficient (Wildman–Crippen LogP) is 4.64. The molecule has 0 unspecified atom stereocenters. The van der Waals surface area contributed by atoms with Crippen molar-refractivity contribution in [2.75, 3.05) is 17.7 Å². The van der Waals surface area contributed by atoms with Crippen LogP contribution in [0.3, 0.4) is 0 Å². The van der Waals surface area contributed by atoms with E-state index in [2.05, 4.69) is 26.8 Å². The second kappa shape index (κ2) is 11.9. The molecule has 1 N–H and O–H groups in total. The molecule has 3 aromatic rings. The van der Waals surface area contributed by atoms with Crippen molar-refractivity contribution in [1.82, 2.24) is 14.8 Å². The third-order valence-electron chi connectivity index (χ3n) is 4.38. The van der Waals surface area contributed by atoms with Gasteiger partial charge < -0.3 is 14.8 Å². The molecule has 0 bridgehead atoms. The van der Waals surface area contributed by atoms with Gasteiger partial charge in [0.15, 0.2) is 11.0 Å². The van der Waals surface area contributed by atoms with Crippen molar-refractivity contribution in [1.29, 1.82) is 0 Å². The minimum Gasteiger partial charge on any atom is -0.462 e. The average molecular weight is 489 g/mol. The van der Waals surface area contributed by atoms with E-state index in [4.69, 9.17) is 4.74 Å². The van der Waals surface area contributed by atoms with Crippen LogP contribution in [0.2, 0.25) is 0 Å². The minimum atomic E-state index is -2.90. The monoisotopic (exact) mass is 488 g/mol. The Kier molecular flexibility index (Phi) is 8.74. The largest absolute Gasteiger partial charge is 0.462 e. The zero-order chi connectivity index (χ0) is 24.5. The standard InChI is InChI=1S/C23H22F2N4O4S/c1-3-13-29-20(15-7-11-18(12-8-15)33-22(24)25)27-28-23(29)34-14-19(30)26-17-9-5-16(6-10-17)21(31)32-4-2/h3,5-12,22H,1,4,13-14H2,2H3,(H,26,30). The summed E-state index contributed by atoms with van der Waals surface area (Å²) in [6, 6.07) is 12.4. The summed E-state index contributed by atoms with van der Waals surface area (Å²) in [4.78, 5) is 24.1. The van der Waals surface area contributed by atoms with Crippen molar-refractivity contribution >= 4 is 29.3 Å². The number of ether oxygens (including phenoxy) is 2. The first-order valence-corrected chi connectivity index (χ1v) is 11.2. The molecule has 3 rings (SSSR count). The highest BCUT2D eigenvalue weighted by atomic mass is 32.2. The van der Waals surface area contributed by atoms with Crippen LogP contribution in [0.4, 0.5) is 14.5 Å². The Labute approximate surface area is 199 Å². The van der Waals surface area contributed by atoms with E-state index >= 15 is 0 Å². The van der Waals surface area contributed by atoms with Crippen molar-refractivity contribution in [2.45, 2.75) is 25.2 Å². The number of alkyl halides is 2.